The largest absolute Gasteiger partial charge is 0.465 e. The SMILES string of the molecule is Cc1ccc(C(=O)NC[C@H](c2ccc(C)o2)N2CCN(C)CC2)cc1. The molecule has 1 N–H and O–H groups in total. The number of nitrogens with zero attached hydrogens (tertiary/aromatic N) is 2. The van der Waals surface area contributed by atoms with Gasteiger partial charge in [-0.1, -0.05) is 17.7 Å². The first-order valence-corrected chi connectivity index (χ1v) is 8.87. The third kappa shape index (κ3) is 4.50. The summed E-state index contributed by atoms with van der Waals surface area (Å²) in [5.41, 5.74) is 1.84. The minimum absolute atomic E-state index is 0.0394. The molecule has 1 aliphatic rings. The summed E-state index contributed by atoms with van der Waals surface area (Å²) in [6.07, 6.45) is 0. The lowest BCUT2D eigenvalue weighted by Crippen LogP contribution is -2.48. The summed E-state index contributed by atoms with van der Waals surface area (Å²) >= 11 is 0. The van der Waals surface area contributed by atoms with Gasteiger partial charge in [0, 0.05) is 38.3 Å². The Morgan fingerprint density at radius 3 is 2.36 bits per heavy atom. The van der Waals surface area contributed by atoms with Gasteiger partial charge in [-0.05, 0) is 45.2 Å². The average molecular weight is 341 g/mol. The van der Waals surface area contributed by atoms with E-state index in [1.54, 1.807) is 0 Å². The first-order chi connectivity index (χ1) is 12.0. The van der Waals surface area contributed by atoms with E-state index in [0.29, 0.717) is 12.1 Å². The van der Waals surface area contributed by atoms with Crippen molar-refractivity contribution < 1.29 is 9.21 Å². The fourth-order valence-corrected chi connectivity index (χ4v) is 3.17. The number of carbonyl (C=O) groups excluding carboxylic acids is 1. The zero-order valence-electron chi connectivity index (χ0n) is 15.3. The maximum absolute atomic E-state index is 12.5. The Labute approximate surface area is 149 Å². The van der Waals surface area contributed by atoms with Gasteiger partial charge < -0.3 is 14.6 Å². The fraction of sp³-hybridized carbons (Fsp3) is 0.450. The summed E-state index contributed by atoms with van der Waals surface area (Å²) in [6, 6.07) is 11.7. The summed E-state index contributed by atoms with van der Waals surface area (Å²) in [6.45, 7) is 8.52. The van der Waals surface area contributed by atoms with Crippen LogP contribution in [0.5, 0.6) is 0 Å². The molecule has 5 heteroatoms. The number of likely N-dealkylation sites (N-methyl/N-ethyl adjacent to an activating group) is 1. The highest BCUT2D eigenvalue weighted by Gasteiger charge is 2.26. The molecule has 0 bridgehead atoms. The van der Waals surface area contributed by atoms with Crippen LogP contribution in [0.4, 0.5) is 0 Å². The second-order valence-corrected chi connectivity index (χ2v) is 6.88. The molecule has 134 valence electrons. The van der Waals surface area contributed by atoms with Gasteiger partial charge in [0.2, 0.25) is 0 Å². The second kappa shape index (κ2) is 7.85. The number of furan rings is 1. The van der Waals surface area contributed by atoms with Gasteiger partial charge in [0.25, 0.3) is 5.91 Å². The van der Waals surface area contributed by atoms with Crippen LogP contribution in [0.25, 0.3) is 0 Å². The molecule has 25 heavy (non-hydrogen) atoms. The summed E-state index contributed by atoms with van der Waals surface area (Å²) in [4.78, 5) is 17.2. The van der Waals surface area contributed by atoms with Crippen LogP contribution in [0, 0.1) is 13.8 Å². The van der Waals surface area contributed by atoms with E-state index in [0.717, 1.165) is 43.3 Å². The first kappa shape index (κ1) is 17.7. The van der Waals surface area contributed by atoms with Crippen molar-refractivity contribution in [1.82, 2.24) is 15.1 Å². The number of piperazine rings is 1. The number of nitrogens with one attached hydrogen (secondary N) is 1. The van der Waals surface area contributed by atoms with Crippen molar-refractivity contribution in [3.8, 4) is 0 Å². The van der Waals surface area contributed by atoms with Crippen molar-refractivity contribution in [1.29, 1.82) is 0 Å². The number of aryl methyl sites for hydroxylation is 2. The molecule has 0 unspecified atom stereocenters. The quantitative estimate of drug-likeness (QED) is 0.908. The summed E-state index contributed by atoms with van der Waals surface area (Å²) in [5.74, 6) is 1.78. The standard InChI is InChI=1S/C20H27N3O2/c1-15-4-7-17(8-5-15)20(24)21-14-18(19-9-6-16(2)25-19)23-12-10-22(3)11-13-23/h4-9,18H,10-14H2,1-3H3,(H,21,24)/t18-/m1/s1. The first-order valence-electron chi connectivity index (χ1n) is 8.87. The zero-order chi connectivity index (χ0) is 17.8. The van der Waals surface area contributed by atoms with E-state index >= 15 is 0 Å². The molecule has 1 saturated heterocycles. The molecule has 1 aromatic heterocycles. The Morgan fingerprint density at radius 2 is 1.76 bits per heavy atom. The Bertz CT molecular complexity index is 700. The van der Waals surface area contributed by atoms with Crippen molar-refractivity contribution in [3.05, 3.63) is 59.0 Å². The molecule has 1 amide bonds. The van der Waals surface area contributed by atoms with Gasteiger partial charge in [-0.15, -0.1) is 0 Å². The second-order valence-electron chi connectivity index (χ2n) is 6.88. The van der Waals surface area contributed by atoms with E-state index in [9.17, 15) is 4.79 Å². The minimum atomic E-state index is -0.0394. The average Bonchev–Trinajstić information content (AvgIpc) is 3.03. The lowest BCUT2D eigenvalue weighted by Gasteiger charge is -2.37. The van der Waals surface area contributed by atoms with Gasteiger partial charge in [-0.2, -0.15) is 0 Å². The molecule has 0 radical (unpaired) electrons. The summed E-state index contributed by atoms with van der Waals surface area (Å²) in [5, 5.41) is 3.08. The third-order valence-electron chi connectivity index (χ3n) is 4.84. The van der Waals surface area contributed by atoms with Crippen molar-refractivity contribution in [2.45, 2.75) is 19.9 Å². The van der Waals surface area contributed by atoms with Crippen molar-refractivity contribution in [2.24, 2.45) is 0 Å². The van der Waals surface area contributed by atoms with Crippen LogP contribution in [-0.2, 0) is 0 Å². The molecule has 2 aromatic rings. The fourth-order valence-electron chi connectivity index (χ4n) is 3.17. The molecule has 1 fully saturated rings. The van der Waals surface area contributed by atoms with Crippen LogP contribution in [0.1, 0.15) is 33.5 Å². The predicted octanol–water partition coefficient (Wildman–Crippen LogP) is 2.61. The van der Waals surface area contributed by atoms with Crippen LogP contribution in [0.15, 0.2) is 40.8 Å². The molecule has 1 aliphatic heterocycles. The van der Waals surface area contributed by atoms with E-state index in [1.807, 2.05) is 50.2 Å². The number of hydrogen-bond acceptors (Lipinski definition) is 4. The van der Waals surface area contributed by atoms with E-state index in [4.69, 9.17) is 4.42 Å². The van der Waals surface area contributed by atoms with Gasteiger partial charge in [0.1, 0.15) is 11.5 Å². The lowest BCUT2D eigenvalue weighted by atomic mass is 10.1. The molecule has 1 aromatic carbocycles. The number of benzene rings is 1. The molecule has 0 aliphatic carbocycles. The Kier molecular flexibility index (Phi) is 5.56. The normalized spacial score (nSPS) is 17.4. The van der Waals surface area contributed by atoms with E-state index in [1.165, 1.54) is 0 Å². The topological polar surface area (TPSA) is 48.7 Å². The monoisotopic (exact) mass is 341 g/mol. The minimum Gasteiger partial charge on any atom is -0.465 e. The van der Waals surface area contributed by atoms with Crippen LogP contribution in [0.2, 0.25) is 0 Å². The van der Waals surface area contributed by atoms with Gasteiger partial charge in [0.15, 0.2) is 0 Å². The third-order valence-corrected chi connectivity index (χ3v) is 4.84. The van der Waals surface area contributed by atoms with E-state index in [2.05, 4.69) is 22.2 Å². The smallest absolute Gasteiger partial charge is 0.251 e. The summed E-state index contributed by atoms with van der Waals surface area (Å²) < 4.78 is 5.87. The molecule has 1 atom stereocenters. The number of amides is 1. The molecular weight excluding hydrogens is 314 g/mol. The van der Waals surface area contributed by atoms with Crippen LogP contribution in [0.3, 0.4) is 0 Å². The number of carbonyl (C=O) groups is 1. The van der Waals surface area contributed by atoms with Crippen LogP contribution < -0.4 is 5.32 Å². The lowest BCUT2D eigenvalue weighted by molar-refractivity contribution is 0.0849. The van der Waals surface area contributed by atoms with Gasteiger partial charge >= 0.3 is 0 Å². The Balaban J connectivity index is 1.69. The predicted molar refractivity (Wildman–Crippen MR) is 98.8 cm³/mol. The maximum atomic E-state index is 12.5. The number of rotatable bonds is 5. The van der Waals surface area contributed by atoms with Gasteiger partial charge in [-0.25, -0.2) is 0 Å². The van der Waals surface area contributed by atoms with Crippen LogP contribution in [-0.4, -0.2) is 55.5 Å². The van der Waals surface area contributed by atoms with E-state index < -0.39 is 0 Å². The molecule has 5 nitrogen and oxygen atoms in total. The highest BCUT2D eigenvalue weighted by molar-refractivity contribution is 5.94. The summed E-state index contributed by atoms with van der Waals surface area (Å²) in [7, 11) is 2.14. The van der Waals surface area contributed by atoms with E-state index in [-0.39, 0.29) is 11.9 Å². The van der Waals surface area contributed by atoms with Crippen molar-refractivity contribution in [3.63, 3.8) is 0 Å². The van der Waals surface area contributed by atoms with Gasteiger partial charge in [0.05, 0.1) is 6.04 Å². The number of hydrogen-bond donors (Lipinski definition) is 1. The zero-order valence-corrected chi connectivity index (χ0v) is 15.3. The molecule has 0 spiro atoms. The Hall–Kier alpha value is -2.11. The van der Waals surface area contributed by atoms with Crippen molar-refractivity contribution >= 4 is 5.91 Å². The molecule has 3 rings (SSSR count). The molecular formula is C20H27N3O2. The van der Waals surface area contributed by atoms with Crippen molar-refractivity contribution in [2.75, 3.05) is 39.8 Å². The molecule has 2 heterocycles. The highest BCUT2D eigenvalue weighted by atomic mass is 16.3. The highest BCUT2D eigenvalue weighted by Crippen LogP contribution is 2.23. The molecule has 0 saturated carbocycles. The van der Waals surface area contributed by atoms with Gasteiger partial charge in [-0.3, -0.25) is 9.69 Å². The Morgan fingerprint density at radius 1 is 1.08 bits per heavy atom. The van der Waals surface area contributed by atoms with Crippen LogP contribution >= 0.6 is 0 Å². The maximum Gasteiger partial charge on any atom is 0.251 e.